The van der Waals surface area contributed by atoms with Crippen molar-refractivity contribution in [1.82, 2.24) is 10.2 Å². The normalized spacial score (nSPS) is 25.6. The van der Waals surface area contributed by atoms with E-state index in [4.69, 9.17) is 5.73 Å². The van der Waals surface area contributed by atoms with Crippen LogP contribution in [0.15, 0.2) is 0 Å². The molecule has 3 N–H and O–H groups in total. The van der Waals surface area contributed by atoms with Crippen LogP contribution in [0.25, 0.3) is 0 Å². The summed E-state index contributed by atoms with van der Waals surface area (Å²) in [6.45, 7) is 2.70. The Morgan fingerprint density at radius 3 is 2.61 bits per heavy atom. The van der Waals surface area contributed by atoms with Crippen LogP contribution in [0.3, 0.4) is 0 Å². The largest absolute Gasteiger partial charge is 0.415 e. The highest BCUT2D eigenvalue weighted by Crippen LogP contribution is 2.28. The van der Waals surface area contributed by atoms with Gasteiger partial charge in [-0.2, -0.15) is 13.2 Å². The molecular weight excluding hydrogens is 247 g/mol. The average Bonchev–Trinajstić information content (AvgIpc) is 2.24. The number of hydrogen-bond acceptors (Lipinski definition) is 3. The second kappa shape index (κ2) is 5.44. The maximum atomic E-state index is 12.5. The smallest absolute Gasteiger partial charge is 0.354 e. The summed E-state index contributed by atoms with van der Waals surface area (Å²) < 4.78 is 37.6. The molecular formula is C11H20F3N3O. The number of rotatable bonds is 3. The molecule has 0 aromatic rings. The maximum Gasteiger partial charge on any atom is 0.415 e. The fourth-order valence-electron chi connectivity index (χ4n) is 1.99. The molecule has 0 saturated carbocycles. The highest BCUT2D eigenvalue weighted by molar-refractivity contribution is 5.86. The fraction of sp³-hybridized carbons (Fsp3) is 0.909. The fourth-order valence-corrected chi connectivity index (χ4v) is 1.99. The van der Waals surface area contributed by atoms with E-state index in [1.165, 1.54) is 0 Å². The minimum Gasteiger partial charge on any atom is -0.354 e. The van der Waals surface area contributed by atoms with Crippen LogP contribution in [0.4, 0.5) is 13.2 Å². The lowest BCUT2D eigenvalue weighted by molar-refractivity contribution is -0.187. The molecule has 2 atom stereocenters. The molecule has 1 rings (SSSR count). The quantitative estimate of drug-likeness (QED) is 0.792. The van der Waals surface area contributed by atoms with Crippen LogP contribution in [0.1, 0.15) is 19.8 Å². The molecule has 7 heteroatoms. The number of carbonyl (C=O) groups is 1. The van der Waals surface area contributed by atoms with E-state index in [-0.39, 0.29) is 12.5 Å². The number of piperidine rings is 1. The van der Waals surface area contributed by atoms with E-state index >= 15 is 0 Å². The van der Waals surface area contributed by atoms with Gasteiger partial charge in [-0.25, -0.2) is 0 Å². The predicted octanol–water partition coefficient (Wildman–Crippen LogP) is 0.724. The Balaban J connectivity index is 2.46. The van der Waals surface area contributed by atoms with Crippen molar-refractivity contribution in [2.75, 3.05) is 26.7 Å². The van der Waals surface area contributed by atoms with Crippen molar-refractivity contribution in [3.8, 4) is 0 Å². The van der Waals surface area contributed by atoms with Gasteiger partial charge in [-0.1, -0.05) is 0 Å². The first-order valence-corrected chi connectivity index (χ1v) is 5.97. The van der Waals surface area contributed by atoms with E-state index in [0.29, 0.717) is 6.92 Å². The van der Waals surface area contributed by atoms with E-state index in [0.717, 1.165) is 25.9 Å². The van der Waals surface area contributed by atoms with E-state index in [1.54, 1.807) is 0 Å². The molecule has 2 unspecified atom stereocenters. The third-order valence-electron chi connectivity index (χ3n) is 3.33. The Kier molecular flexibility index (Phi) is 4.61. The number of hydrogen-bond donors (Lipinski definition) is 2. The van der Waals surface area contributed by atoms with Crippen LogP contribution in [-0.4, -0.2) is 49.2 Å². The van der Waals surface area contributed by atoms with Crippen molar-refractivity contribution in [3.63, 3.8) is 0 Å². The van der Waals surface area contributed by atoms with E-state index in [2.05, 4.69) is 10.2 Å². The monoisotopic (exact) mass is 267 g/mol. The minimum absolute atomic E-state index is 0.191. The standard InChI is InChI=1S/C11H20F3N3O/c1-10(15,11(12,13)14)9(18)16-6-8-4-3-5-17(2)7-8/h8H,3-7,15H2,1-2H3,(H,16,18). The molecule has 1 amide bonds. The molecule has 0 aromatic carbocycles. The summed E-state index contributed by atoms with van der Waals surface area (Å²) in [4.78, 5) is 13.6. The summed E-state index contributed by atoms with van der Waals surface area (Å²) in [5.74, 6) is -0.972. The first-order valence-electron chi connectivity index (χ1n) is 5.97. The Bertz CT molecular complexity index is 304. The number of nitrogens with two attached hydrogens (primary N) is 1. The molecule has 106 valence electrons. The van der Waals surface area contributed by atoms with Gasteiger partial charge in [0, 0.05) is 13.1 Å². The lowest BCUT2D eigenvalue weighted by Gasteiger charge is -2.31. The highest BCUT2D eigenvalue weighted by atomic mass is 19.4. The average molecular weight is 267 g/mol. The molecule has 0 bridgehead atoms. The van der Waals surface area contributed by atoms with Gasteiger partial charge in [0.15, 0.2) is 5.54 Å². The summed E-state index contributed by atoms with van der Waals surface area (Å²) >= 11 is 0. The SMILES string of the molecule is CN1CCCC(CNC(=O)C(C)(N)C(F)(F)F)C1. The van der Waals surface area contributed by atoms with Crippen molar-refractivity contribution >= 4 is 5.91 Å². The number of halogens is 3. The lowest BCUT2D eigenvalue weighted by Crippen LogP contribution is -2.62. The zero-order valence-electron chi connectivity index (χ0n) is 10.7. The number of alkyl halides is 3. The molecule has 0 aliphatic carbocycles. The summed E-state index contributed by atoms with van der Waals surface area (Å²) in [7, 11) is 1.96. The maximum absolute atomic E-state index is 12.5. The molecule has 0 spiro atoms. The van der Waals surface area contributed by atoms with Crippen molar-refractivity contribution in [2.24, 2.45) is 11.7 Å². The zero-order chi connectivity index (χ0) is 14.0. The van der Waals surface area contributed by atoms with Crippen LogP contribution in [0.5, 0.6) is 0 Å². The van der Waals surface area contributed by atoms with E-state index < -0.39 is 17.6 Å². The zero-order valence-corrected chi connectivity index (χ0v) is 10.7. The van der Waals surface area contributed by atoms with Gasteiger partial charge in [0.2, 0.25) is 5.91 Å². The van der Waals surface area contributed by atoms with E-state index in [9.17, 15) is 18.0 Å². The van der Waals surface area contributed by atoms with E-state index in [1.807, 2.05) is 7.05 Å². The minimum atomic E-state index is -4.74. The van der Waals surface area contributed by atoms with Gasteiger partial charge in [-0.3, -0.25) is 4.79 Å². The lowest BCUT2D eigenvalue weighted by atomic mass is 9.97. The van der Waals surface area contributed by atoms with Gasteiger partial charge in [0.25, 0.3) is 0 Å². The molecule has 18 heavy (non-hydrogen) atoms. The number of carbonyl (C=O) groups excluding carboxylic acids is 1. The third-order valence-corrected chi connectivity index (χ3v) is 3.33. The van der Waals surface area contributed by atoms with Crippen LogP contribution in [0.2, 0.25) is 0 Å². The van der Waals surface area contributed by atoms with Gasteiger partial charge >= 0.3 is 6.18 Å². The molecule has 4 nitrogen and oxygen atoms in total. The number of nitrogens with zero attached hydrogens (tertiary/aromatic N) is 1. The van der Waals surface area contributed by atoms with Crippen LogP contribution >= 0.6 is 0 Å². The first-order chi connectivity index (χ1) is 8.14. The van der Waals surface area contributed by atoms with Gasteiger partial charge in [-0.15, -0.1) is 0 Å². The number of amides is 1. The van der Waals surface area contributed by atoms with Crippen LogP contribution in [0, 0.1) is 5.92 Å². The van der Waals surface area contributed by atoms with Gasteiger partial charge in [0.05, 0.1) is 0 Å². The topological polar surface area (TPSA) is 58.4 Å². The van der Waals surface area contributed by atoms with Crippen LogP contribution < -0.4 is 11.1 Å². The summed E-state index contributed by atoms with van der Waals surface area (Å²) in [6.07, 6.45) is -2.82. The second-order valence-corrected chi connectivity index (χ2v) is 5.18. The van der Waals surface area contributed by atoms with Crippen molar-refractivity contribution in [3.05, 3.63) is 0 Å². The molecule has 1 saturated heterocycles. The molecule has 1 aliphatic rings. The van der Waals surface area contributed by atoms with Gasteiger partial charge in [-0.05, 0) is 39.3 Å². The molecule has 1 aliphatic heterocycles. The predicted molar refractivity (Wildman–Crippen MR) is 61.9 cm³/mol. The number of likely N-dealkylation sites (tertiary alicyclic amines) is 1. The summed E-state index contributed by atoms with van der Waals surface area (Å²) in [5.41, 5.74) is 2.21. The molecule has 0 radical (unpaired) electrons. The number of nitrogens with one attached hydrogen (secondary N) is 1. The highest BCUT2D eigenvalue weighted by Gasteiger charge is 2.53. The molecule has 0 aromatic heterocycles. The van der Waals surface area contributed by atoms with Gasteiger partial charge in [0.1, 0.15) is 0 Å². The Morgan fingerprint density at radius 2 is 2.11 bits per heavy atom. The molecule has 1 fully saturated rings. The van der Waals surface area contributed by atoms with Gasteiger partial charge < -0.3 is 16.0 Å². The summed E-state index contributed by atoms with van der Waals surface area (Å²) in [5, 5.41) is 2.31. The van der Waals surface area contributed by atoms with Crippen molar-refractivity contribution in [1.29, 1.82) is 0 Å². The Labute approximate surface area is 105 Å². The first kappa shape index (κ1) is 15.2. The Hall–Kier alpha value is -0.820. The van der Waals surface area contributed by atoms with Crippen LogP contribution in [-0.2, 0) is 4.79 Å². The summed E-state index contributed by atoms with van der Waals surface area (Å²) in [6, 6.07) is 0. The van der Waals surface area contributed by atoms with Crippen molar-refractivity contribution in [2.45, 2.75) is 31.5 Å². The second-order valence-electron chi connectivity index (χ2n) is 5.18. The Morgan fingerprint density at radius 1 is 1.50 bits per heavy atom. The van der Waals surface area contributed by atoms with Crippen molar-refractivity contribution < 1.29 is 18.0 Å². The molecule has 1 heterocycles. The third kappa shape index (κ3) is 3.58.